The Morgan fingerprint density at radius 1 is 0.706 bits per heavy atom. The van der Waals surface area contributed by atoms with Crippen molar-refractivity contribution in [3.63, 3.8) is 0 Å². The third kappa shape index (κ3) is 6.27. The van der Waals surface area contributed by atoms with Crippen molar-refractivity contribution >= 4 is 17.7 Å². The van der Waals surface area contributed by atoms with Gasteiger partial charge in [-0.25, -0.2) is 5.48 Å². The summed E-state index contributed by atoms with van der Waals surface area (Å²) >= 11 is 0. The number of carbonyl (C=O) groups is 3. The van der Waals surface area contributed by atoms with E-state index in [9.17, 15) is 24.6 Å². The van der Waals surface area contributed by atoms with E-state index in [2.05, 4.69) is 17.2 Å². The number of nitrogens with one attached hydrogen (secondary N) is 3. The van der Waals surface area contributed by atoms with Crippen LogP contribution in [0.2, 0.25) is 0 Å². The van der Waals surface area contributed by atoms with Crippen molar-refractivity contribution in [2.75, 3.05) is 0 Å². The zero-order valence-corrected chi connectivity index (χ0v) is 17.7. The molecule has 0 aliphatic heterocycles. The highest BCUT2D eigenvalue weighted by atomic mass is 16.5. The lowest BCUT2D eigenvalue weighted by molar-refractivity contribution is -0.200. The second-order valence-electron chi connectivity index (χ2n) is 7.12. The maximum Gasteiger partial charge on any atom is 0.277 e. The molecule has 0 bridgehead atoms. The molecule has 9 heteroatoms. The van der Waals surface area contributed by atoms with Gasteiger partial charge >= 0.3 is 0 Å². The quantitative estimate of drug-likeness (QED) is 0.139. The highest BCUT2D eigenvalue weighted by Gasteiger charge is 2.43. The van der Waals surface area contributed by atoms with Gasteiger partial charge in [-0.2, -0.15) is 0 Å². The van der Waals surface area contributed by atoms with Gasteiger partial charge in [-0.05, 0) is 48.5 Å². The van der Waals surface area contributed by atoms with Crippen LogP contribution >= 0.6 is 0 Å². The average Bonchev–Trinajstić information content (AvgIpc) is 2.86. The van der Waals surface area contributed by atoms with Gasteiger partial charge in [0.05, 0.1) is 0 Å². The van der Waals surface area contributed by atoms with E-state index in [1.54, 1.807) is 30.3 Å². The number of aliphatic hydroxyl groups is 2. The maximum atomic E-state index is 12.6. The monoisotopic (exact) mass is 459 g/mol. The van der Waals surface area contributed by atoms with Crippen LogP contribution in [-0.2, 0) is 4.79 Å². The van der Waals surface area contributed by atoms with Crippen LogP contribution < -0.4 is 16.1 Å². The first-order valence-electron chi connectivity index (χ1n) is 10.0. The van der Waals surface area contributed by atoms with Gasteiger partial charge in [0.2, 0.25) is 0 Å². The summed E-state index contributed by atoms with van der Waals surface area (Å²) in [5.74, 6) is -0.444. The molecule has 0 radical (unpaired) electrons. The van der Waals surface area contributed by atoms with Crippen molar-refractivity contribution in [3.8, 4) is 11.8 Å². The summed E-state index contributed by atoms with van der Waals surface area (Å²) in [5.41, 5.74) is 2.84. The Hall–Kier alpha value is -4.49. The zero-order valence-electron chi connectivity index (χ0n) is 17.7. The average molecular weight is 459 g/mol. The lowest BCUT2D eigenvalue weighted by atomic mass is 10.1. The number of hydrogen-bond acceptors (Lipinski definition) is 6. The third-order valence-electron chi connectivity index (χ3n) is 4.66. The van der Waals surface area contributed by atoms with E-state index in [-0.39, 0.29) is 11.1 Å². The van der Waals surface area contributed by atoms with Gasteiger partial charge < -0.3 is 15.5 Å². The van der Waals surface area contributed by atoms with E-state index in [1.165, 1.54) is 29.7 Å². The molecule has 0 saturated heterocycles. The third-order valence-corrected chi connectivity index (χ3v) is 4.66. The normalized spacial score (nSPS) is 11.4. The largest absolute Gasteiger partial charge is 0.347 e. The van der Waals surface area contributed by atoms with E-state index in [1.807, 2.05) is 35.6 Å². The number of amides is 3. The van der Waals surface area contributed by atoms with Crippen molar-refractivity contribution in [2.45, 2.75) is 12.0 Å². The lowest BCUT2D eigenvalue weighted by Gasteiger charge is -2.30. The lowest BCUT2D eigenvalue weighted by Crippen LogP contribution is -2.67. The molecule has 0 fully saturated rings. The van der Waals surface area contributed by atoms with E-state index in [4.69, 9.17) is 5.21 Å². The first kappa shape index (κ1) is 24.2. The Labute approximate surface area is 195 Å². The molecule has 3 aromatic rings. The van der Waals surface area contributed by atoms with Crippen LogP contribution in [0.15, 0.2) is 84.9 Å². The minimum atomic E-state index is -3.23. The summed E-state index contributed by atoms with van der Waals surface area (Å²) in [6.45, 7) is 0. The molecule has 172 valence electrons. The summed E-state index contributed by atoms with van der Waals surface area (Å²) in [5, 5.41) is 33.6. The van der Waals surface area contributed by atoms with Crippen LogP contribution in [0.1, 0.15) is 31.8 Å². The van der Waals surface area contributed by atoms with Crippen LogP contribution in [0.3, 0.4) is 0 Å². The number of benzene rings is 3. The fourth-order valence-electron chi connectivity index (χ4n) is 2.90. The standard InChI is InChI=1S/C25H21N3O6/c29-22(20-15-13-18(14-16-20)12-11-17-7-3-1-4-8-17)26-21(24(31)28-34)25(32,33)27-23(30)19-9-5-2-6-10-19/h1-10,13-16,21,32-34H,(H,26,29)(H,27,30)(H,28,31)/t21-/m1/s1. The number of hydrogen-bond donors (Lipinski definition) is 6. The smallest absolute Gasteiger partial charge is 0.277 e. The zero-order chi connectivity index (χ0) is 24.6. The Morgan fingerprint density at radius 3 is 1.76 bits per heavy atom. The van der Waals surface area contributed by atoms with Crippen LogP contribution in [0.25, 0.3) is 0 Å². The Bertz CT molecular complexity index is 1220. The predicted octanol–water partition coefficient (Wildman–Crippen LogP) is 0.759. The highest BCUT2D eigenvalue weighted by Crippen LogP contribution is 2.10. The number of hydroxylamine groups is 1. The molecular weight excluding hydrogens is 438 g/mol. The van der Waals surface area contributed by atoms with Crippen LogP contribution in [0, 0.1) is 11.8 Å². The van der Waals surface area contributed by atoms with E-state index in [0.29, 0.717) is 5.56 Å². The molecule has 9 nitrogen and oxygen atoms in total. The molecule has 0 aliphatic carbocycles. The maximum absolute atomic E-state index is 12.6. The fourth-order valence-corrected chi connectivity index (χ4v) is 2.90. The second-order valence-corrected chi connectivity index (χ2v) is 7.12. The molecule has 34 heavy (non-hydrogen) atoms. The van der Waals surface area contributed by atoms with Gasteiger partial charge in [-0.15, -0.1) is 0 Å². The summed E-state index contributed by atoms with van der Waals surface area (Å²) in [6, 6.07) is 20.8. The van der Waals surface area contributed by atoms with Crippen molar-refractivity contribution in [1.29, 1.82) is 0 Å². The Balaban J connectivity index is 1.73. The Kier molecular flexibility index (Phi) is 7.74. The number of carbonyl (C=O) groups excluding carboxylic acids is 3. The summed E-state index contributed by atoms with van der Waals surface area (Å²) < 4.78 is 0. The van der Waals surface area contributed by atoms with Gasteiger partial charge in [0.25, 0.3) is 23.6 Å². The van der Waals surface area contributed by atoms with E-state index >= 15 is 0 Å². The van der Waals surface area contributed by atoms with E-state index in [0.717, 1.165) is 5.56 Å². The molecule has 0 unspecified atom stereocenters. The molecule has 3 amide bonds. The second kappa shape index (κ2) is 10.9. The van der Waals surface area contributed by atoms with Crippen LogP contribution in [0.5, 0.6) is 0 Å². The molecule has 0 saturated carbocycles. The molecule has 3 aromatic carbocycles. The molecule has 0 aliphatic rings. The molecule has 0 heterocycles. The summed E-state index contributed by atoms with van der Waals surface area (Å²) in [6.07, 6.45) is 0. The van der Waals surface area contributed by atoms with Gasteiger partial charge in [0, 0.05) is 22.3 Å². The topological polar surface area (TPSA) is 148 Å². The molecule has 0 aromatic heterocycles. The molecule has 0 spiro atoms. The van der Waals surface area contributed by atoms with Crippen LogP contribution in [-0.4, -0.2) is 45.1 Å². The van der Waals surface area contributed by atoms with Gasteiger partial charge in [-0.3, -0.25) is 24.9 Å². The van der Waals surface area contributed by atoms with Gasteiger partial charge in [-0.1, -0.05) is 48.2 Å². The summed E-state index contributed by atoms with van der Waals surface area (Å²) in [4.78, 5) is 37.0. The number of rotatable bonds is 6. The highest BCUT2D eigenvalue weighted by molar-refractivity contribution is 5.99. The minimum absolute atomic E-state index is 0.0752. The predicted molar refractivity (Wildman–Crippen MR) is 121 cm³/mol. The van der Waals surface area contributed by atoms with E-state index < -0.39 is 29.7 Å². The van der Waals surface area contributed by atoms with Crippen LogP contribution in [0.4, 0.5) is 0 Å². The van der Waals surface area contributed by atoms with Crippen molar-refractivity contribution < 1.29 is 29.8 Å². The first-order chi connectivity index (χ1) is 16.3. The first-order valence-corrected chi connectivity index (χ1v) is 10.0. The van der Waals surface area contributed by atoms with Crippen molar-refractivity contribution in [1.82, 2.24) is 16.1 Å². The fraction of sp³-hybridized carbons (Fsp3) is 0.0800. The Morgan fingerprint density at radius 2 is 1.21 bits per heavy atom. The summed E-state index contributed by atoms with van der Waals surface area (Å²) in [7, 11) is 0. The van der Waals surface area contributed by atoms with Gasteiger partial charge in [0.15, 0.2) is 6.04 Å². The van der Waals surface area contributed by atoms with Crippen molar-refractivity contribution in [2.24, 2.45) is 0 Å². The minimum Gasteiger partial charge on any atom is -0.347 e. The van der Waals surface area contributed by atoms with Crippen molar-refractivity contribution in [3.05, 3.63) is 107 Å². The van der Waals surface area contributed by atoms with Gasteiger partial charge in [0.1, 0.15) is 0 Å². The molecular formula is C25H21N3O6. The molecule has 3 rings (SSSR count). The SMILES string of the molecule is O=C(N[C@H](C(=O)NO)C(O)(O)NC(=O)c1ccccc1)c1ccc(C#Cc2ccccc2)cc1. The molecule has 6 N–H and O–H groups in total. The molecule has 1 atom stereocenters.